The van der Waals surface area contributed by atoms with Gasteiger partial charge in [0.1, 0.15) is 11.3 Å². The second kappa shape index (κ2) is 8.23. The molecule has 0 atom stereocenters. The summed E-state index contributed by atoms with van der Waals surface area (Å²) in [5.41, 5.74) is -16.2. The number of carbonyl (C=O) groups excluding carboxylic acids is 1. The number of phenolic OH excluding ortho intramolecular Hbond substituents is 1. The molecule has 0 unspecified atom stereocenters. The van der Waals surface area contributed by atoms with Crippen LogP contribution in [0, 0.1) is 9.81 Å². The fourth-order valence-corrected chi connectivity index (χ4v) is 3.14. The third-order valence-corrected chi connectivity index (χ3v) is 4.63. The molecule has 0 aliphatic carbocycles. The maximum absolute atomic E-state index is 13.9. The molecule has 33 heavy (non-hydrogen) atoms. The first-order chi connectivity index (χ1) is 22.8. The van der Waals surface area contributed by atoms with Crippen LogP contribution in [0.25, 0.3) is 10.9 Å². The van der Waals surface area contributed by atoms with E-state index in [1.807, 2.05) is 0 Å². The van der Waals surface area contributed by atoms with Crippen LogP contribution in [-0.4, -0.2) is 15.7 Å². The number of phenols is 1. The monoisotopic (exact) mass is 468 g/mol. The number of nitrogens with zero attached hydrogens (tertiary/aromatic N) is 4. The van der Waals surface area contributed by atoms with Crippen molar-refractivity contribution in [3.63, 3.8) is 0 Å². The summed E-state index contributed by atoms with van der Waals surface area (Å²) < 4.78 is 146. The van der Waals surface area contributed by atoms with Crippen LogP contribution < -0.4 is 10.4 Å². The zero-order valence-electron chi connectivity index (χ0n) is 34.4. The Morgan fingerprint density at radius 1 is 1.03 bits per heavy atom. The lowest BCUT2D eigenvalue weighted by Gasteiger charge is -2.30. The summed E-state index contributed by atoms with van der Waals surface area (Å²) in [6.07, 6.45) is 0.486. The van der Waals surface area contributed by atoms with E-state index in [1.54, 1.807) is 0 Å². The van der Waals surface area contributed by atoms with E-state index in [-0.39, 0.29) is 23.0 Å². The number of aromatic hydroxyl groups is 1. The minimum atomic E-state index is -4.36. The molecule has 0 radical (unpaired) electrons. The lowest BCUT2D eigenvalue weighted by atomic mass is 9.79. The van der Waals surface area contributed by atoms with Gasteiger partial charge in [0.15, 0.2) is 0 Å². The molecule has 0 saturated heterocycles. The van der Waals surface area contributed by atoms with Crippen molar-refractivity contribution in [3.8, 4) is 5.75 Å². The molecule has 2 aromatic carbocycles. The van der Waals surface area contributed by atoms with Crippen molar-refractivity contribution in [3.05, 3.63) is 79.3 Å². The van der Waals surface area contributed by atoms with Gasteiger partial charge in [-0.15, -0.1) is 9.81 Å². The lowest BCUT2D eigenvalue weighted by molar-refractivity contribution is 0.0985. The topological polar surface area (TPSA) is 121 Å². The molecular formula is C24H26N4O5. The molecule has 172 valence electrons. The minimum Gasteiger partial charge on any atom is -0.508 e. The molecule has 1 amide bonds. The quantitative estimate of drug-likeness (QED) is 0.419. The summed E-state index contributed by atoms with van der Waals surface area (Å²) in [6, 6.07) is 4.84. The maximum atomic E-state index is 13.9. The number of amides is 1. The van der Waals surface area contributed by atoms with E-state index in [0.717, 1.165) is 6.07 Å². The van der Waals surface area contributed by atoms with E-state index in [0.29, 0.717) is 10.9 Å². The Morgan fingerprint density at radius 3 is 2.27 bits per heavy atom. The van der Waals surface area contributed by atoms with Crippen LogP contribution in [0.3, 0.4) is 0 Å². The van der Waals surface area contributed by atoms with Gasteiger partial charge < -0.3 is 5.11 Å². The Balaban J connectivity index is 2.76. The third kappa shape index (κ3) is 4.26. The van der Waals surface area contributed by atoms with E-state index in [9.17, 15) is 24.5 Å². The fraction of sp³-hybridized carbons (Fsp3) is 0.333. The Bertz CT molecular complexity index is 1870. The largest absolute Gasteiger partial charge is 0.508 e. The molecular weight excluding hydrogens is 424 g/mol. The van der Waals surface area contributed by atoms with E-state index in [4.69, 9.17) is 24.7 Å². The predicted molar refractivity (Wildman–Crippen MR) is 128 cm³/mol. The second-order valence-corrected chi connectivity index (χ2v) is 6.90. The number of nitroso groups, excluding NO2 is 2. The van der Waals surface area contributed by atoms with Crippen molar-refractivity contribution >= 4 is 22.5 Å². The number of fused-ring (bicyclic) bond motifs is 1. The Kier molecular flexibility index (Phi) is 2.38. The van der Waals surface area contributed by atoms with E-state index >= 15 is 0 Å². The third-order valence-electron chi connectivity index (χ3n) is 4.63. The van der Waals surface area contributed by atoms with Crippen LogP contribution in [-0.2, 0) is 10.8 Å². The molecule has 0 spiro atoms. The standard InChI is InChI=1S/C24H26N4O5/c1-23(2,3)16-11-17(24(4,5)6)20(29)12-19(16)28(26-33)22(31)15-13-27(25-32)18-10-8-7-9-14(18)21(15)30/h7-13,29H,1-6H3/i1D3,2D3,3D3,4D3,5D3,6D3. The molecule has 0 fully saturated rings. The summed E-state index contributed by atoms with van der Waals surface area (Å²) in [4.78, 5) is 51.3. The van der Waals surface area contributed by atoms with Gasteiger partial charge in [-0.1, -0.05) is 53.2 Å². The normalized spacial score (nSPS) is 22.3. The summed E-state index contributed by atoms with van der Waals surface area (Å²) in [7, 11) is 0. The number of anilines is 1. The lowest BCUT2D eigenvalue weighted by Crippen LogP contribution is -2.32. The van der Waals surface area contributed by atoms with Crippen molar-refractivity contribution in [1.82, 2.24) is 4.68 Å². The van der Waals surface area contributed by atoms with Crippen LogP contribution in [0.1, 0.15) is 87.3 Å². The number of pyridine rings is 1. The van der Waals surface area contributed by atoms with E-state index in [1.165, 1.54) is 18.2 Å². The average molecular weight is 469 g/mol. The average Bonchev–Trinajstić information content (AvgIpc) is 2.91. The molecule has 1 heterocycles. The molecule has 1 aromatic heterocycles. The first-order valence-corrected chi connectivity index (χ1v) is 8.85. The van der Waals surface area contributed by atoms with Crippen molar-refractivity contribution in [2.75, 3.05) is 5.01 Å². The van der Waals surface area contributed by atoms with Gasteiger partial charge in [-0.2, -0.15) is 5.01 Å². The highest BCUT2D eigenvalue weighted by Gasteiger charge is 2.32. The summed E-state index contributed by atoms with van der Waals surface area (Å²) >= 11 is 0. The zero-order valence-corrected chi connectivity index (χ0v) is 16.4. The molecule has 0 aliphatic rings. The molecule has 3 rings (SSSR count). The van der Waals surface area contributed by atoms with Crippen LogP contribution in [0.15, 0.2) is 58.0 Å². The van der Waals surface area contributed by atoms with E-state index in [2.05, 4.69) is 10.6 Å². The van der Waals surface area contributed by atoms with Gasteiger partial charge >= 0.3 is 0 Å². The van der Waals surface area contributed by atoms with Crippen LogP contribution >= 0.6 is 0 Å². The molecule has 9 heteroatoms. The van der Waals surface area contributed by atoms with Crippen molar-refractivity contribution < 1.29 is 34.6 Å². The number of carbonyl (C=O) groups is 1. The van der Waals surface area contributed by atoms with Crippen molar-refractivity contribution in [2.45, 2.75) is 51.9 Å². The highest BCUT2D eigenvalue weighted by Crippen LogP contribution is 2.41. The first-order valence-electron chi connectivity index (χ1n) is 17.8. The highest BCUT2D eigenvalue weighted by molar-refractivity contribution is 6.07. The smallest absolute Gasteiger partial charge is 0.286 e. The van der Waals surface area contributed by atoms with E-state index < -0.39 is 96.4 Å². The number of rotatable bonds is 4. The van der Waals surface area contributed by atoms with Crippen LogP contribution in [0.4, 0.5) is 5.69 Å². The number of benzene rings is 2. The van der Waals surface area contributed by atoms with Gasteiger partial charge in [0, 0.05) is 42.3 Å². The SMILES string of the molecule is [2H]C([2H])([2H])C(c1cc(C(C([2H])([2H])[2H])(C([2H])([2H])[2H])C([2H])([2H])[2H])c(N(N=O)C(=O)c2cn(N=O)c3ccccc3c2=O)cc1O)(C([2H])([2H])[2H])C([2H])([2H])[2H]. The molecule has 1 N–H and O–H groups in total. The Morgan fingerprint density at radius 2 is 1.67 bits per heavy atom. The summed E-state index contributed by atoms with van der Waals surface area (Å²) in [5, 5.41) is 15.4. The van der Waals surface area contributed by atoms with Crippen molar-refractivity contribution in [1.29, 1.82) is 0 Å². The predicted octanol–water partition coefficient (Wildman–Crippen LogP) is 5.16. The minimum absolute atomic E-state index is 0.0164. The summed E-state index contributed by atoms with van der Waals surface area (Å²) in [5.74, 6) is -3.64. The Labute approximate surface area is 215 Å². The van der Waals surface area contributed by atoms with Crippen LogP contribution in [0.5, 0.6) is 5.75 Å². The van der Waals surface area contributed by atoms with Gasteiger partial charge in [0.05, 0.1) is 21.8 Å². The number of aromatic nitrogens is 1. The fourth-order valence-electron chi connectivity index (χ4n) is 3.14. The van der Waals surface area contributed by atoms with Gasteiger partial charge in [-0.25, -0.2) is 4.68 Å². The van der Waals surface area contributed by atoms with Gasteiger partial charge in [-0.3, -0.25) is 9.59 Å². The molecule has 0 bridgehead atoms. The van der Waals surface area contributed by atoms with Gasteiger partial charge in [0.25, 0.3) is 5.91 Å². The first kappa shape index (κ1) is 9.54. The second-order valence-electron chi connectivity index (χ2n) is 6.90. The maximum Gasteiger partial charge on any atom is 0.286 e. The Hall–Kier alpha value is -3.88. The molecule has 9 nitrogen and oxygen atoms in total. The van der Waals surface area contributed by atoms with Gasteiger partial charge in [0.2, 0.25) is 5.43 Å². The van der Waals surface area contributed by atoms with Gasteiger partial charge in [-0.05, 0) is 40.2 Å². The number of hydrogen-bond donors (Lipinski definition) is 1. The van der Waals surface area contributed by atoms with Crippen molar-refractivity contribution in [2.24, 2.45) is 10.6 Å². The van der Waals surface area contributed by atoms with Crippen LogP contribution in [0.2, 0.25) is 0 Å². The molecule has 0 aliphatic heterocycles. The zero-order chi connectivity index (χ0) is 39.7. The number of hydrogen-bond acceptors (Lipinski definition) is 7. The summed E-state index contributed by atoms with van der Waals surface area (Å²) in [6.45, 7) is -25.5. The molecule has 3 aromatic rings. The number of para-hydroxylation sites is 1. The highest BCUT2D eigenvalue weighted by atomic mass is 16.3. The molecule has 0 saturated carbocycles.